The number of carbonyl (C=O) groups is 1. The van der Waals surface area contributed by atoms with E-state index in [0.717, 1.165) is 11.1 Å². The van der Waals surface area contributed by atoms with Gasteiger partial charge in [0, 0.05) is 12.6 Å². The molecule has 2 rings (SSSR count). The zero-order valence-corrected chi connectivity index (χ0v) is 11.9. The molecule has 4 N–H and O–H groups in total. The van der Waals surface area contributed by atoms with Crippen LogP contribution in [0.2, 0.25) is 0 Å². The zero-order chi connectivity index (χ0) is 14.9. The molecule has 1 aromatic carbocycles. The first-order valence-electron chi connectivity index (χ1n) is 6.90. The van der Waals surface area contributed by atoms with E-state index in [0.29, 0.717) is 13.0 Å². The minimum atomic E-state index is -0.411. The molecule has 5 nitrogen and oxygen atoms in total. The smallest absolute Gasteiger partial charge is 0.235 e. The van der Waals surface area contributed by atoms with Gasteiger partial charge in [-0.1, -0.05) is 19.9 Å². The third kappa shape index (κ3) is 2.78. The summed E-state index contributed by atoms with van der Waals surface area (Å²) in [4.78, 5) is 13.7. The molecule has 0 aromatic heterocycles. The molecule has 5 heteroatoms. The van der Waals surface area contributed by atoms with E-state index in [1.807, 2.05) is 24.8 Å². The van der Waals surface area contributed by atoms with E-state index in [4.69, 9.17) is 5.73 Å². The van der Waals surface area contributed by atoms with Gasteiger partial charge in [-0.25, -0.2) is 0 Å². The minimum absolute atomic E-state index is 0.0183. The van der Waals surface area contributed by atoms with Crippen LogP contribution in [0.15, 0.2) is 18.2 Å². The third-order valence-electron chi connectivity index (χ3n) is 4.07. The van der Waals surface area contributed by atoms with Crippen LogP contribution in [-0.2, 0) is 17.8 Å². The van der Waals surface area contributed by atoms with Gasteiger partial charge in [0.2, 0.25) is 5.91 Å². The van der Waals surface area contributed by atoms with Crippen molar-refractivity contribution >= 4 is 5.91 Å². The average molecular weight is 278 g/mol. The summed E-state index contributed by atoms with van der Waals surface area (Å²) in [5.74, 6) is 0.0508. The van der Waals surface area contributed by atoms with Gasteiger partial charge in [-0.05, 0) is 35.6 Å². The molecule has 0 aliphatic carbocycles. The van der Waals surface area contributed by atoms with Crippen molar-refractivity contribution in [2.45, 2.75) is 38.9 Å². The fourth-order valence-electron chi connectivity index (χ4n) is 2.90. The molecule has 0 spiro atoms. The van der Waals surface area contributed by atoms with E-state index in [1.54, 1.807) is 12.1 Å². The monoisotopic (exact) mass is 278 g/mol. The summed E-state index contributed by atoms with van der Waals surface area (Å²) in [6, 6.07) is 4.64. The van der Waals surface area contributed by atoms with Crippen molar-refractivity contribution < 1.29 is 15.0 Å². The molecule has 20 heavy (non-hydrogen) atoms. The molecular weight excluding hydrogens is 256 g/mol. The van der Waals surface area contributed by atoms with Crippen molar-refractivity contribution in [2.24, 2.45) is 11.7 Å². The number of benzene rings is 1. The molecule has 0 unspecified atom stereocenters. The summed E-state index contributed by atoms with van der Waals surface area (Å²) in [5, 5.41) is 19.2. The van der Waals surface area contributed by atoms with Gasteiger partial charge in [0.15, 0.2) is 0 Å². The normalized spacial score (nSPS) is 20.7. The summed E-state index contributed by atoms with van der Waals surface area (Å²) in [6.07, 6.45) is 0.522. The van der Waals surface area contributed by atoms with Crippen LogP contribution >= 0.6 is 0 Å². The number of aromatic hydroxyl groups is 1. The molecule has 0 saturated heterocycles. The quantitative estimate of drug-likeness (QED) is 0.753. The standard InChI is InChI=1S/C15H22N2O3/c1-9(2)14(8-18)17-7-11-5-12(19)4-3-10(11)6-13(17)15(16)20/h3-5,9,13-14,18-19H,6-8H2,1-2H3,(H2,16,20)/t13-,14-/m1/s1. The highest BCUT2D eigenvalue weighted by Gasteiger charge is 2.35. The number of hydrogen-bond donors (Lipinski definition) is 3. The highest BCUT2D eigenvalue weighted by molar-refractivity contribution is 5.80. The van der Waals surface area contributed by atoms with Crippen molar-refractivity contribution in [1.29, 1.82) is 0 Å². The van der Waals surface area contributed by atoms with Crippen molar-refractivity contribution in [2.75, 3.05) is 6.61 Å². The molecule has 0 fully saturated rings. The summed E-state index contributed by atoms with van der Waals surface area (Å²) >= 11 is 0. The summed E-state index contributed by atoms with van der Waals surface area (Å²) in [7, 11) is 0. The Kier molecular flexibility index (Phi) is 4.30. The van der Waals surface area contributed by atoms with Crippen LogP contribution < -0.4 is 5.73 Å². The maximum Gasteiger partial charge on any atom is 0.235 e. The Morgan fingerprint density at radius 1 is 1.45 bits per heavy atom. The van der Waals surface area contributed by atoms with E-state index < -0.39 is 6.04 Å². The predicted octanol–water partition coefficient (Wildman–Crippen LogP) is 0.621. The molecule has 1 heterocycles. The number of aliphatic hydroxyl groups is 1. The van der Waals surface area contributed by atoms with E-state index >= 15 is 0 Å². The fraction of sp³-hybridized carbons (Fsp3) is 0.533. The van der Waals surface area contributed by atoms with E-state index in [-0.39, 0.29) is 30.2 Å². The van der Waals surface area contributed by atoms with E-state index in [9.17, 15) is 15.0 Å². The second-order valence-corrected chi connectivity index (χ2v) is 5.74. The predicted molar refractivity (Wildman–Crippen MR) is 76.0 cm³/mol. The maximum atomic E-state index is 11.7. The SMILES string of the molecule is CC(C)[C@@H](CO)N1Cc2cc(O)ccc2C[C@@H]1C(N)=O. The number of phenolic OH excluding ortho intramolecular Hbond substituents is 1. The highest BCUT2D eigenvalue weighted by atomic mass is 16.3. The number of nitrogens with zero attached hydrogens (tertiary/aromatic N) is 1. The molecule has 1 aliphatic heterocycles. The Labute approximate surface area is 119 Å². The van der Waals surface area contributed by atoms with Gasteiger partial charge in [0.05, 0.1) is 12.6 Å². The molecule has 1 amide bonds. The van der Waals surface area contributed by atoms with Gasteiger partial charge in [-0.2, -0.15) is 0 Å². The Bertz CT molecular complexity index is 502. The summed E-state index contributed by atoms with van der Waals surface area (Å²) < 4.78 is 0. The Hall–Kier alpha value is -1.59. The lowest BCUT2D eigenvalue weighted by atomic mass is 9.90. The van der Waals surface area contributed by atoms with E-state index in [1.165, 1.54) is 0 Å². The van der Waals surface area contributed by atoms with Crippen molar-refractivity contribution in [3.8, 4) is 5.75 Å². The first-order valence-corrected chi connectivity index (χ1v) is 6.90. The number of fused-ring (bicyclic) bond motifs is 1. The number of aliphatic hydroxyl groups excluding tert-OH is 1. The molecule has 0 saturated carbocycles. The van der Waals surface area contributed by atoms with Crippen molar-refractivity contribution in [3.05, 3.63) is 29.3 Å². The molecule has 0 bridgehead atoms. The molecule has 2 atom stereocenters. The summed E-state index contributed by atoms with van der Waals surface area (Å²) in [5.41, 5.74) is 7.54. The van der Waals surface area contributed by atoms with Gasteiger partial charge in [-0.3, -0.25) is 9.69 Å². The van der Waals surface area contributed by atoms with Crippen molar-refractivity contribution in [1.82, 2.24) is 4.90 Å². The van der Waals surface area contributed by atoms with Crippen LogP contribution in [-0.4, -0.2) is 39.7 Å². The lowest BCUT2D eigenvalue weighted by Crippen LogP contribution is -2.55. The second-order valence-electron chi connectivity index (χ2n) is 5.74. The van der Waals surface area contributed by atoms with Crippen LogP contribution in [0.25, 0.3) is 0 Å². The number of nitrogens with two attached hydrogens (primary N) is 1. The lowest BCUT2D eigenvalue weighted by Gasteiger charge is -2.41. The lowest BCUT2D eigenvalue weighted by molar-refractivity contribution is -0.125. The number of rotatable bonds is 4. The fourth-order valence-corrected chi connectivity index (χ4v) is 2.90. The number of carbonyl (C=O) groups excluding carboxylic acids is 1. The molecule has 1 aromatic rings. The topological polar surface area (TPSA) is 86.8 Å². The van der Waals surface area contributed by atoms with Crippen LogP contribution in [0, 0.1) is 5.92 Å². The maximum absolute atomic E-state index is 11.7. The Morgan fingerprint density at radius 2 is 2.15 bits per heavy atom. The number of hydrogen-bond acceptors (Lipinski definition) is 4. The third-order valence-corrected chi connectivity index (χ3v) is 4.07. The average Bonchev–Trinajstić information content (AvgIpc) is 2.37. The van der Waals surface area contributed by atoms with Gasteiger partial charge in [-0.15, -0.1) is 0 Å². The first-order chi connectivity index (χ1) is 9.43. The van der Waals surface area contributed by atoms with Gasteiger partial charge in [0.25, 0.3) is 0 Å². The highest BCUT2D eigenvalue weighted by Crippen LogP contribution is 2.29. The van der Waals surface area contributed by atoms with Crippen LogP contribution in [0.3, 0.4) is 0 Å². The molecule has 1 aliphatic rings. The second kappa shape index (κ2) is 5.81. The first kappa shape index (κ1) is 14.8. The largest absolute Gasteiger partial charge is 0.508 e. The Balaban J connectivity index is 2.37. The Morgan fingerprint density at radius 3 is 2.70 bits per heavy atom. The van der Waals surface area contributed by atoms with Crippen LogP contribution in [0.4, 0.5) is 0 Å². The number of amides is 1. The van der Waals surface area contributed by atoms with E-state index in [2.05, 4.69) is 0 Å². The molecule has 0 radical (unpaired) electrons. The van der Waals surface area contributed by atoms with Crippen molar-refractivity contribution in [3.63, 3.8) is 0 Å². The van der Waals surface area contributed by atoms with Gasteiger partial charge in [0.1, 0.15) is 5.75 Å². The zero-order valence-electron chi connectivity index (χ0n) is 11.9. The number of phenols is 1. The number of primary amides is 1. The minimum Gasteiger partial charge on any atom is -0.508 e. The van der Waals surface area contributed by atoms with Crippen LogP contribution in [0.5, 0.6) is 5.75 Å². The molecule has 110 valence electrons. The summed E-state index contributed by atoms with van der Waals surface area (Å²) in [6.45, 7) is 4.52. The van der Waals surface area contributed by atoms with Gasteiger partial charge < -0.3 is 15.9 Å². The van der Waals surface area contributed by atoms with Gasteiger partial charge >= 0.3 is 0 Å². The molecular formula is C15H22N2O3. The van der Waals surface area contributed by atoms with Crippen LogP contribution in [0.1, 0.15) is 25.0 Å².